The first-order chi connectivity index (χ1) is 8.00. The molecule has 0 aliphatic rings. The van der Waals surface area contributed by atoms with Gasteiger partial charge in [0.25, 0.3) is 0 Å². The lowest BCUT2D eigenvalue weighted by atomic mass is 10.1. The fourth-order valence-electron chi connectivity index (χ4n) is 1.64. The van der Waals surface area contributed by atoms with E-state index >= 15 is 0 Å². The number of nitrogens with one attached hydrogen (secondary N) is 1. The van der Waals surface area contributed by atoms with Gasteiger partial charge < -0.3 is 10.4 Å². The second-order valence-corrected chi connectivity index (χ2v) is 4.18. The van der Waals surface area contributed by atoms with Gasteiger partial charge in [-0.05, 0) is 49.1 Å². The molecule has 1 aromatic rings. The fourth-order valence-corrected chi connectivity index (χ4v) is 1.64. The van der Waals surface area contributed by atoms with Crippen LogP contribution in [0.15, 0.2) is 18.2 Å². The minimum Gasteiger partial charge on any atom is -0.507 e. The van der Waals surface area contributed by atoms with Crippen molar-refractivity contribution in [3.05, 3.63) is 34.9 Å². The van der Waals surface area contributed by atoms with Gasteiger partial charge in [-0.25, -0.2) is 0 Å². The molecule has 0 bridgehead atoms. The Kier molecular flexibility index (Phi) is 4.76. The predicted molar refractivity (Wildman–Crippen MR) is 69.9 cm³/mol. The van der Waals surface area contributed by atoms with Gasteiger partial charge in [0, 0.05) is 13.5 Å². The van der Waals surface area contributed by atoms with Crippen LogP contribution in [0.3, 0.4) is 0 Å². The molecule has 0 atom stereocenters. The highest BCUT2D eigenvalue weighted by Gasteiger charge is 2.00. The zero-order chi connectivity index (χ0) is 12.8. The SMILES string of the molecule is CC(=O)NCCC=Cc1cc(C)c(O)c(C)c1. The average Bonchev–Trinajstić information content (AvgIpc) is 2.25. The summed E-state index contributed by atoms with van der Waals surface area (Å²) in [5, 5.41) is 12.4. The summed E-state index contributed by atoms with van der Waals surface area (Å²) in [6, 6.07) is 3.88. The van der Waals surface area contributed by atoms with Crippen LogP contribution in [0.25, 0.3) is 6.08 Å². The van der Waals surface area contributed by atoms with Crippen molar-refractivity contribution in [2.45, 2.75) is 27.2 Å². The Labute approximate surface area is 102 Å². The summed E-state index contributed by atoms with van der Waals surface area (Å²) in [7, 11) is 0. The maximum atomic E-state index is 10.6. The molecule has 0 aliphatic carbocycles. The number of phenols is 1. The predicted octanol–water partition coefficient (Wildman–Crippen LogP) is 2.55. The molecule has 1 rings (SSSR count). The number of carbonyl (C=O) groups is 1. The number of phenolic OH excluding ortho intramolecular Hbond substituents is 1. The monoisotopic (exact) mass is 233 g/mol. The van der Waals surface area contributed by atoms with Crippen LogP contribution in [0.2, 0.25) is 0 Å². The Balaban J connectivity index is 2.57. The van der Waals surface area contributed by atoms with Crippen molar-refractivity contribution in [3.63, 3.8) is 0 Å². The number of hydrogen-bond donors (Lipinski definition) is 2. The summed E-state index contributed by atoms with van der Waals surface area (Å²) in [5.41, 5.74) is 2.83. The smallest absolute Gasteiger partial charge is 0.216 e. The van der Waals surface area contributed by atoms with Crippen LogP contribution < -0.4 is 5.32 Å². The molecule has 0 fully saturated rings. The number of hydrogen-bond acceptors (Lipinski definition) is 2. The molecule has 3 nitrogen and oxygen atoms in total. The van der Waals surface area contributed by atoms with Crippen LogP contribution in [-0.2, 0) is 4.79 Å². The first-order valence-electron chi connectivity index (χ1n) is 5.72. The van der Waals surface area contributed by atoms with Crippen molar-refractivity contribution >= 4 is 12.0 Å². The molecule has 2 N–H and O–H groups in total. The van der Waals surface area contributed by atoms with Gasteiger partial charge in [-0.15, -0.1) is 0 Å². The molecule has 92 valence electrons. The van der Waals surface area contributed by atoms with Crippen LogP contribution in [-0.4, -0.2) is 17.6 Å². The summed E-state index contributed by atoms with van der Waals surface area (Å²) in [4.78, 5) is 10.6. The third-order valence-electron chi connectivity index (χ3n) is 2.51. The Morgan fingerprint density at radius 3 is 2.47 bits per heavy atom. The van der Waals surface area contributed by atoms with E-state index in [4.69, 9.17) is 0 Å². The lowest BCUT2D eigenvalue weighted by Gasteiger charge is -2.04. The van der Waals surface area contributed by atoms with Crippen molar-refractivity contribution in [3.8, 4) is 5.75 Å². The minimum absolute atomic E-state index is 0.00489. The highest BCUT2D eigenvalue weighted by Crippen LogP contribution is 2.23. The standard InChI is InChI=1S/C14H19NO2/c1-10-8-13(9-11(2)14(10)17)6-4-5-7-15-12(3)16/h4,6,8-9,17H,5,7H2,1-3H3,(H,15,16). The largest absolute Gasteiger partial charge is 0.507 e. The first-order valence-corrected chi connectivity index (χ1v) is 5.72. The molecule has 0 saturated carbocycles. The molecule has 0 radical (unpaired) electrons. The summed E-state index contributed by atoms with van der Waals surface area (Å²) in [5.74, 6) is 0.357. The van der Waals surface area contributed by atoms with E-state index in [0.717, 1.165) is 23.1 Å². The van der Waals surface area contributed by atoms with Crippen LogP contribution >= 0.6 is 0 Å². The molecular formula is C14H19NO2. The van der Waals surface area contributed by atoms with Crippen molar-refractivity contribution in [1.82, 2.24) is 5.32 Å². The van der Waals surface area contributed by atoms with Crippen molar-refractivity contribution < 1.29 is 9.90 Å². The number of carbonyl (C=O) groups excluding carboxylic acids is 1. The Morgan fingerprint density at radius 1 is 1.35 bits per heavy atom. The second kappa shape index (κ2) is 6.09. The molecule has 0 unspecified atom stereocenters. The van der Waals surface area contributed by atoms with Gasteiger partial charge in [-0.1, -0.05) is 12.2 Å². The molecule has 0 saturated heterocycles. The van der Waals surface area contributed by atoms with Gasteiger partial charge in [-0.2, -0.15) is 0 Å². The molecule has 0 spiro atoms. The van der Waals surface area contributed by atoms with Gasteiger partial charge in [0.05, 0.1) is 0 Å². The van der Waals surface area contributed by atoms with Crippen LogP contribution in [0.5, 0.6) is 5.75 Å². The summed E-state index contributed by atoms with van der Waals surface area (Å²) in [6.07, 6.45) is 4.82. The fraction of sp³-hybridized carbons (Fsp3) is 0.357. The second-order valence-electron chi connectivity index (χ2n) is 4.18. The molecule has 1 amide bonds. The van der Waals surface area contributed by atoms with Crippen molar-refractivity contribution in [1.29, 1.82) is 0 Å². The molecule has 1 aromatic carbocycles. The number of benzene rings is 1. The zero-order valence-corrected chi connectivity index (χ0v) is 10.6. The maximum Gasteiger partial charge on any atom is 0.216 e. The van der Waals surface area contributed by atoms with Gasteiger partial charge in [-0.3, -0.25) is 4.79 Å². The molecule has 17 heavy (non-hydrogen) atoms. The molecule has 3 heteroatoms. The van der Waals surface area contributed by atoms with Gasteiger partial charge in [0.15, 0.2) is 0 Å². The number of rotatable bonds is 4. The van der Waals surface area contributed by atoms with Gasteiger partial charge in [0.1, 0.15) is 5.75 Å². The minimum atomic E-state index is -0.00489. The van der Waals surface area contributed by atoms with E-state index in [-0.39, 0.29) is 5.91 Å². The average molecular weight is 233 g/mol. The summed E-state index contributed by atoms with van der Waals surface area (Å²) in [6.45, 7) is 5.94. The van der Waals surface area contributed by atoms with Crippen LogP contribution in [0.1, 0.15) is 30.0 Å². The van der Waals surface area contributed by atoms with E-state index in [2.05, 4.69) is 5.32 Å². The van der Waals surface area contributed by atoms with Crippen LogP contribution in [0.4, 0.5) is 0 Å². The molecule has 0 aliphatic heterocycles. The Morgan fingerprint density at radius 2 is 1.94 bits per heavy atom. The molecular weight excluding hydrogens is 214 g/mol. The van der Waals surface area contributed by atoms with Crippen LogP contribution in [0, 0.1) is 13.8 Å². The Bertz CT molecular complexity index is 413. The lowest BCUT2D eigenvalue weighted by Crippen LogP contribution is -2.20. The van der Waals surface area contributed by atoms with E-state index in [1.54, 1.807) is 0 Å². The van der Waals surface area contributed by atoms with Crippen molar-refractivity contribution in [2.75, 3.05) is 6.54 Å². The number of aryl methyl sites for hydroxylation is 2. The highest BCUT2D eigenvalue weighted by molar-refractivity contribution is 5.72. The topological polar surface area (TPSA) is 49.3 Å². The number of aromatic hydroxyl groups is 1. The summed E-state index contributed by atoms with van der Waals surface area (Å²) < 4.78 is 0. The first kappa shape index (κ1) is 13.3. The van der Waals surface area contributed by atoms with Crippen molar-refractivity contribution in [2.24, 2.45) is 0 Å². The highest BCUT2D eigenvalue weighted by atomic mass is 16.3. The molecule has 0 heterocycles. The Hall–Kier alpha value is -1.77. The third-order valence-corrected chi connectivity index (χ3v) is 2.51. The maximum absolute atomic E-state index is 10.6. The molecule has 0 aromatic heterocycles. The van der Waals surface area contributed by atoms with E-state index in [1.807, 2.05) is 38.1 Å². The summed E-state index contributed by atoms with van der Waals surface area (Å²) >= 11 is 0. The lowest BCUT2D eigenvalue weighted by molar-refractivity contribution is -0.118. The van der Waals surface area contributed by atoms with Gasteiger partial charge >= 0.3 is 0 Å². The van der Waals surface area contributed by atoms with E-state index in [1.165, 1.54) is 6.92 Å². The third kappa shape index (κ3) is 4.31. The van der Waals surface area contributed by atoms with E-state index in [0.29, 0.717) is 12.3 Å². The van der Waals surface area contributed by atoms with E-state index in [9.17, 15) is 9.90 Å². The number of amides is 1. The quantitative estimate of drug-likeness (QED) is 0.785. The normalized spacial score (nSPS) is 10.8. The van der Waals surface area contributed by atoms with Gasteiger partial charge in [0.2, 0.25) is 5.91 Å². The zero-order valence-electron chi connectivity index (χ0n) is 10.6. The van der Waals surface area contributed by atoms with E-state index < -0.39 is 0 Å².